The summed E-state index contributed by atoms with van der Waals surface area (Å²) in [7, 11) is 0. The molecule has 0 bridgehead atoms. The molecule has 0 fully saturated rings. The van der Waals surface area contributed by atoms with E-state index in [-0.39, 0.29) is 38.6 Å². The van der Waals surface area contributed by atoms with E-state index >= 15 is 0 Å². The number of benzene rings is 10. The third-order valence-corrected chi connectivity index (χ3v) is 16.2. The smallest absolute Gasteiger partial charge is 0.366 e. The SMILES string of the molecule is CC(C)(C)c1c[c-]c(-c2nc(-c3[c-]cc(C(C)(C)C)cc3)nc(-c3ccc(C(C)(C)C)cc3)n2)cc1.[Au+3].[C-]#Cc1ccc(-n2c3ccc(-n4c5ccccc5c5ccccc54)cc3c3cc(-n4c5ccccc5c5ccccc54)ccc32)cc1. The minimum absolute atomic E-state index is 0. The van der Waals surface area contributed by atoms with Crippen molar-refractivity contribution in [2.75, 3.05) is 0 Å². The van der Waals surface area contributed by atoms with Gasteiger partial charge in [0.15, 0.2) is 0 Å². The third kappa shape index (κ3) is 10.1. The van der Waals surface area contributed by atoms with E-state index in [1.54, 1.807) is 0 Å². The summed E-state index contributed by atoms with van der Waals surface area (Å²) in [4.78, 5) is 14.6. The van der Waals surface area contributed by atoms with Crippen LogP contribution >= 0.6 is 0 Å². The fraction of sp³-hybridized carbons (Fsp3) is 0.156. The van der Waals surface area contributed by atoms with E-state index in [0.29, 0.717) is 17.5 Å². The van der Waals surface area contributed by atoms with Crippen LogP contribution in [0.15, 0.2) is 218 Å². The Morgan fingerprint density at radius 1 is 0.345 bits per heavy atom. The van der Waals surface area contributed by atoms with Crippen LogP contribution in [-0.2, 0) is 38.6 Å². The molecule has 0 unspecified atom stereocenters. The second kappa shape index (κ2) is 21.6. The van der Waals surface area contributed by atoms with Crippen LogP contribution in [0.3, 0.4) is 0 Å². The summed E-state index contributed by atoms with van der Waals surface area (Å²) in [5, 5.41) is 7.38. The molecule has 4 heterocycles. The zero-order valence-corrected chi connectivity index (χ0v) is 50.9. The van der Waals surface area contributed by atoms with Crippen molar-refractivity contribution in [3.05, 3.63) is 259 Å². The Kier molecular flexibility index (Phi) is 14.2. The first kappa shape index (κ1) is 55.4. The fourth-order valence-electron chi connectivity index (χ4n) is 11.6. The van der Waals surface area contributed by atoms with Crippen molar-refractivity contribution in [1.29, 1.82) is 0 Å². The molecule has 0 N–H and O–H groups in total. The zero-order chi connectivity index (χ0) is 57.4. The predicted molar refractivity (Wildman–Crippen MR) is 346 cm³/mol. The van der Waals surface area contributed by atoms with Gasteiger partial charge in [-0.1, -0.05) is 172 Å². The largest absolute Gasteiger partial charge is 3.00 e. The summed E-state index contributed by atoms with van der Waals surface area (Å²) >= 11 is 0. The molecule has 0 aliphatic heterocycles. The van der Waals surface area contributed by atoms with Gasteiger partial charge in [0.05, 0.1) is 44.7 Å². The molecule has 10 aromatic carbocycles. The maximum atomic E-state index is 7.60. The van der Waals surface area contributed by atoms with E-state index in [9.17, 15) is 0 Å². The average molecular weight is 1270 g/mol. The quantitative estimate of drug-likeness (QED) is 0.0947. The fourth-order valence-corrected chi connectivity index (χ4v) is 11.6. The molecule has 0 spiro atoms. The molecule has 0 radical (unpaired) electrons. The Morgan fingerprint density at radius 2 is 0.679 bits per heavy atom. The van der Waals surface area contributed by atoms with Crippen LogP contribution in [0.5, 0.6) is 0 Å². The van der Waals surface area contributed by atoms with Gasteiger partial charge in [-0.05, 0) is 82.5 Å². The maximum absolute atomic E-state index is 7.60. The van der Waals surface area contributed by atoms with E-state index < -0.39 is 0 Å². The molecule has 412 valence electrons. The van der Waals surface area contributed by atoms with Gasteiger partial charge in [-0.15, -0.1) is 88.5 Å². The first-order chi connectivity index (χ1) is 40.0. The minimum Gasteiger partial charge on any atom is -0.366 e. The summed E-state index contributed by atoms with van der Waals surface area (Å²) in [5.41, 5.74) is 17.7. The van der Waals surface area contributed by atoms with Crippen LogP contribution in [0, 0.1) is 24.5 Å². The first-order valence-corrected chi connectivity index (χ1v) is 28.5. The summed E-state index contributed by atoms with van der Waals surface area (Å²) in [6.45, 7) is 19.9. The Balaban J connectivity index is 0.000000170. The number of nitrogens with zero attached hydrogens (tertiary/aromatic N) is 6. The minimum atomic E-state index is 0. The molecule has 0 saturated carbocycles. The average Bonchev–Trinajstić information content (AvgIpc) is 2.73. The zero-order valence-electron chi connectivity index (χ0n) is 48.8. The van der Waals surface area contributed by atoms with E-state index in [4.69, 9.17) is 21.4 Å². The molecule has 0 saturated heterocycles. The molecule has 84 heavy (non-hydrogen) atoms. The van der Waals surface area contributed by atoms with Gasteiger partial charge in [0.1, 0.15) is 5.82 Å². The van der Waals surface area contributed by atoms with Gasteiger partial charge >= 0.3 is 22.4 Å². The van der Waals surface area contributed by atoms with E-state index in [2.05, 4.69) is 288 Å². The van der Waals surface area contributed by atoms with Crippen molar-refractivity contribution in [2.24, 2.45) is 0 Å². The number of hydrogen-bond donors (Lipinski definition) is 0. The van der Waals surface area contributed by atoms with Gasteiger partial charge in [0, 0.05) is 54.9 Å². The summed E-state index contributed by atoms with van der Waals surface area (Å²) in [6.07, 6.45) is 7.60. The molecule has 0 aliphatic rings. The van der Waals surface area contributed by atoms with Gasteiger partial charge in [0.2, 0.25) is 0 Å². The van der Waals surface area contributed by atoms with Crippen molar-refractivity contribution in [3.63, 3.8) is 0 Å². The van der Waals surface area contributed by atoms with Gasteiger partial charge in [-0.3, -0.25) is 15.9 Å². The molecular weight excluding hydrogens is 1210 g/mol. The van der Waals surface area contributed by atoms with Crippen LogP contribution in [0.4, 0.5) is 0 Å². The molecule has 0 aliphatic carbocycles. The Labute approximate surface area is 508 Å². The summed E-state index contributed by atoms with van der Waals surface area (Å²) in [5.74, 6) is 4.39. The van der Waals surface area contributed by atoms with Crippen molar-refractivity contribution in [2.45, 2.75) is 78.6 Å². The van der Waals surface area contributed by atoms with Crippen LogP contribution < -0.4 is 0 Å². The summed E-state index contributed by atoms with van der Waals surface area (Å²) in [6, 6.07) is 84.2. The second-order valence-electron chi connectivity index (χ2n) is 24.8. The number of para-hydroxylation sites is 4. The third-order valence-electron chi connectivity index (χ3n) is 16.2. The molecule has 7 heteroatoms. The molecule has 14 aromatic rings. The molecular formula is C77H63AuN6. The van der Waals surface area contributed by atoms with Gasteiger partial charge in [-0.2, -0.15) is 0 Å². The van der Waals surface area contributed by atoms with Gasteiger partial charge < -0.3 is 25.1 Å². The summed E-state index contributed by atoms with van der Waals surface area (Å²) < 4.78 is 7.11. The maximum Gasteiger partial charge on any atom is 3.00 e. The molecule has 14 rings (SSSR count). The van der Waals surface area contributed by atoms with Gasteiger partial charge in [-0.25, -0.2) is 0 Å². The topological polar surface area (TPSA) is 53.5 Å². The Morgan fingerprint density at radius 3 is 1.04 bits per heavy atom. The number of aromatic nitrogens is 6. The van der Waals surface area contributed by atoms with Gasteiger partial charge in [0.25, 0.3) is 0 Å². The van der Waals surface area contributed by atoms with Crippen LogP contribution in [0.25, 0.3) is 117 Å². The van der Waals surface area contributed by atoms with E-state index in [1.807, 2.05) is 24.3 Å². The predicted octanol–water partition coefficient (Wildman–Crippen LogP) is 19.3. The molecule has 4 aromatic heterocycles. The molecule has 0 amide bonds. The number of hydrogen-bond acceptors (Lipinski definition) is 3. The monoisotopic (exact) mass is 1270 g/mol. The first-order valence-electron chi connectivity index (χ1n) is 28.5. The van der Waals surface area contributed by atoms with Crippen molar-refractivity contribution < 1.29 is 22.4 Å². The standard InChI is InChI=1S/C44H26N3.C33H37N3.Au/c1-2-29-19-21-30(22-20-29)45-43-25-23-31(46-39-15-7-3-11-33(39)34-12-4-8-16-40(34)46)27-37(43)38-28-32(24-26-44(38)45)47-41-17-9-5-13-35(41)36-14-6-10-18-42(36)47;1-31(2,3)25-16-10-22(11-17-25)28-34-29(23-12-18-26(19-13-23)32(4,5)6)36-30(35-28)24-14-20-27(21-15-24)33(7,8)9;/h3-28H;10-12,14,16-21H,1-9H3;/q-1;-2;+3. The number of rotatable bonds is 6. The molecule has 6 nitrogen and oxygen atoms in total. The van der Waals surface area contributed by atoms with Crippen LogP contribution in [0.1, 0.15) is 84.6 Å². The number of fused-ring (bicyclic) bond motifs is 9. The molecule has 0 atom stereocenters. The van der Waals surface area contributed by atoms with Crippen LogP contribution in [0.2, 0.25) is 0 Å². The van der Waals surface area contributed by atoms with Crippen molar-refractivity contribution in [3.8, 4) is 57.1 Å². The van der Waals surface area contributed by atoms with Crippen LogP contribution in [-0.4, -0.2) is 28.7 Å². The van der Waals surface area contributed by atoms with Crippen molar-refractivity contribution >= 4 is 65.4 Å². The Hall–Kier alpha value is -9.09. The second-order valence-corrected chi connectivity index (χ2v) is 24.8. The Bertz CT molecular complexity index is 4360. The van der Waals surface area contributed by atoms with E-state index in [0.717, 1.165) is 50.3 Å². The van der Waals surface area contributed by atoms with E-state index in [1.165, 1.54) is 71.1 Å². The van der Waals surface area contributed by atoms with Crippen molar-refractivity contribution in [1.82, 2.24) is 28.7 Å². The normalized spacial score (nSPS) is 12.0.